The number of nitrogens with one attached hydrogen (secondary N) is 1. The number of aryl methyl sites for hydroxylation is 2. The van der Waals surface area contributed by atoms with Crippen molar-refractivity contribution in [2.24, 2.45) is 0 Å². The molecular formula is C17H18ClNO4. The first-order valence-electron chi connectivity index (χ1n) is 7.21. The van der Waals surface area contributed by atoms with Crippen LogP contribution in [-0.2, 0) is 16.0 Å². The Balaban J connectivity index is 1.71. The molecule has 0 saturated carbocycles. The number of carbonyl (C=O) groups excluding carboxylic acids is 2. The first-order chi connectivity index (χ1) is 11.0. The molecule has 1 N–H and O–H groups in total. The summed E-state index contributed by atoms with van der Waals surface area (Å²) < 4.78 is 10.2. The van der Waals surface area contributed by atoms with E-state index in [9.17, 15) is 9.59 Å². The van der Waals surface area contributed by atoms with Gasteiger partial charge >= 0.3 is 5.97 Å². The zero-order chi connectivity index (χ0) is 16.8. The van der Waals surface area contributed by atoms with Crippen molar-refractivity contribution < 1.29 is 18.7 Å². The highest BCUT2D eigenvalue weighted by Crippen LogP contribution is 2.14. The summed E-state index contributed by atoms with van der Waals surface area (Å²) in [6.07, 6.45) is 0.677. The molecule has 0 aliphatic carbocycles. The smallest absolute Gasteiger partial charge is 0.342 e. The van der Waals surface area contributed by atoms with Crippen molar-refractivity contribution in [2.45, 2.75) is 20.3 Å². The molecule has 6 heteroatoms. The SMILES string of the molecule is Cc1cc(C(=O)OCC(=O)NCCc2ccc(Cl)cc2)c(C)o1. The van der Waals surface area contributed by atoms with Gasteiger partial charge in [0, 0.05) is 11.6 Å². The fraction of sp³-hybridized carbons (Fsp3) is 0.294. The van der Waals surface area contributed by atoms with Gasteiger partial charge in [-0.15, -0.1) is 0 Å². The number of furan rings is 1. The van der Waals surface area contributed by atoms with Crippen LogP contribution in [0.2, 0.25) is 5.02 Å². The van der Waals surface area contributed by atoms with E-state index < -0.39 is 5.97 Å². The molecule has 2 rings (SSSR count). The third-order valence-corrected chi connectivity index (χ3v) is 3.50. The van der Waals surface area contributed by atoms with Gasteiger partial charge in [-0.05, 0) is 44.0 Å². The van der Waals surface area contributed by atoms with Crippen LogP contribution >= 0.6 is 11.6 Å². The summed E-state index contributed by atoms with van der Waals surface area (Å²) in [6.45, 7) is 3.56. The monoisotopic (exact) mass is 335 g/mol. The van der Waals surface area contributed by atoms with E-state index >= 15 is 0 Å². The van der Waals surface area contributed by atoms with Crippen molar-refractivity contribution in [3.8, 4) is 0 Å². The number of ether oxygens (including phenoxy) is 1. The highest BCUT2D eigenvalue weighted by Gasteiger charge is 2.16. The summed E-state index contributed by atoms with van der Waals surface area (Å²) in [5.41, 5.74) is 1.41. The number of carbonyl (C=O) groups is 2. The molecule has 0 aliphatic rings. The summed E-state index contributed by atoms with van der Waals surface area (Å²) in [4.78, 5) is 23.5. The van der Waals surface area contributed by atoms with Crippen LogP contribution in [0.4, 0.5) is 0 Å². The van der Waals surface area contributed by atoms with E-state index in [2.05, 4.69) is 5.32 Å². The van der Waals surface area contributed by atoms with Crippen molar-refractivity contribution in [1.29, 1.82) is 0 Å². The topological polar surface area (TPSA) is 68.5 Å². The summed E-state index contributed by atoms with van der Waals surface area (Å²) in [5.74, 6) is 0.204. The normalized spacial score (nSPS) is 10.4. The van der Waals surface area contributed by atoms with E-state index in [1.54, 1.807) is 32.0 Å². The van der Waals surface area contributed by atoms with E-state index in [0.29, 0.717) is 35.1 Å². The number of benzene rings is 1. The lowest BCUT2D eigenvalue weighted by Crippen LogP contribution is -2.30. The van der Waals surface area contributed by atoms with Crippen LogP contribution < -0.4 is 5.32 Å². The first kappa shape index (κ1) is 17.1. The molecule has 0 saturated heterocycles. The van der Waals surface area contributed by atoms with Gasteiger partial charge in [-0.3, -0.25) is 4.79 Å². The van der Waals surface area contributed by atoms with Gasteiger partial charge in [0.2, 0.25) is 0 Å². The Morgan fingerprint density at radius 2 is 1.91 bits per heavy atom. The lowest BCUT2D eigenvalue weighted by molar-refractivity contribution is -0.124. The number of esters is 1. The van der Waals surface area contributed by atoms with Crippen LogP contribution in [0.5, 0.6) is 0 Å². The maximum Gasteiger partial charge on any atom is 0.342 e. The standard InChI is InChI=1S/C17H18ClNO4/c1-11-9-15(12(2)23-11)17(21)22-10-16(20)19-8-7-13-3-5-14(18)6-4-13/h3-6,9H,7-8,10H2,1-2H3,(H,19,20). The maximum atomic E-state index is 11.8. The van der Waals surface area contributed by atoms with Gasteiger partial charge in [0.15, 0.2) is 6.61 Å². The molecule has 0 bridgehead atoms. The molecule has 0 spiro atoms. The largest absolute Gasteiger partial charge is 0.466 e. The highest BCUT2D eigenvalue weighted by atomic mass is 35.5. The second-order valence-electron chi connectivity index (χ2n) is 5.13. The molecule has 0 aliphatic heterocycles. The molecule has 1 amide bonds. The molecule has 1 aromatic heterocycles. The van der Waals surface area contributed by atoms with Gasteiger partial charge in [-0.2, -0.15) is 0 Å². The number of hydrogen-bond acceptors (Lipinski definition) is 4. The van der Waals surface area contributed by atoms with Crippen LogP contribution in [-0.4, -0.2) is 25.0 Å². The van der Waals surface area contributed by atoms with Gasteiger partial charge in [0.05, 0.1) is 0 Å². The molecule has 2 aromatic rings. The molecule has 0 unspecified atom stereocenters. The number of rotatable bonds is 6. The Morgan fingerprint density at radius 1 is 1.22 bits per heavy atom. The van der Waals surface area contributed by atoms with E-state index in [4.69, 9.17) is 20.8 Å². The minimum Gasteiger partial charge on any atom is -0.466 e. The summed E-state index contributed by atoms with van der Waals surface area (Å²) in [7, 11) is 0. The zero-order valence-corrected chi connectivity index (χ0v) is 13.8. The molecule has 0 fully saturated rings. The van der Waals surface area contributed by atoms with Crippen molar-refractivity contribution in [2.75, 3.05) is 13.2 Å². The minimum atomic E-state index is -0.563. The molecule has 0 atom stereocenters. The van der Waals surface area contributed by atoms with Gasteiger partial charge < -0.3 is 14.5 Å². The van der Waals surface area contributed by atoms with Crippen LogP contribution in [0, 0.1) is 13.8 Å². The zero-order valence-electron chi connectivity index (χ0n) is 13.0. The average Bonchev–Trinajstić information content (AvgIpc) is 2.85. The quantitative estimate of drug-likeness (QED) is 0.824. The summed E-state index contributed by atoms with van der Waals surface area (Å²) in [6, 6.07) is 9.00. The molecule has 0 radical (unpaired) electrons. The maximum absolute atomic E-state index is 11.8. The Kier molecular flexibility index (Phi) is 5.82. The molecule has 1 heterocycles. The lowest BCUT2D eigenvalue weighted by Gasteiger charge is -2.06. The predicted molar refractivity (Wildman–Crippen MR) is 86.6 cm³/mol. The Morgan fingerprint density at radius 3 is 2.52 bits per heavy atom. The molecular weight excluding hydrogens is 318 g/mol. The van der Waals surface area contributed by atoms with Crippen LogP contribution in [0.25, 0.3) is 0 Å². The van der Waals surface area contributed by atoms with E-state index in [-0.39, 0.29) is 12.5 Å². The summed E-state index contributed by atoms with van der Waals surface area (Å²) >= 11 is 5.81. The van der Waals surface area contributed by atoms with Crippen molar-refractivity contribution in [1.82, 2.24) is 5.32 Å². The molecule has 5 nitrogen and oxygen atoms in total. The van der Waals surface area contributed by atoms with E-state index in [1.165, 1.54) is 0 Å². The van der Waals surface area contributed by atoms with Crippen molar-refractivity contribution in [3.05, 3.63) is 58.0 Å². The second-order valence-corrected chi connectivity index (χ2v) is 5.57. The fourth-order valence-corrected chi connectivity index (χ4v) is 2.22. The minimum absolute atomic E-state index is 0.316. The van der Waals surface area contributed by atoms with Gasteiger partial charge in [0.1, 0.15) is 17.1 Å². The number of halogens is 1. The average molecular weight is 336 g/mol. The van der Waals surface area contributed by atoms with Gasteiger partial charge in [-0.1, -0.05) is 23.7 Å². The van der Waals surface area contributed by atoms with E-state index in [1.807, 2.05) is 12.1 Å². The van der Waals surface area contributed by atoms with Gasteiger partial charge in [-0.25, -0.2) is 4.79 Å². The predicted octanol–water partition coefficient (Wildman–Crippen LogP) is 3.07. The van der Waals surface area contributed by atoms with Crippen LogP contribution in [0.15, 0.2) is 34.7 Å². The second kappa shape index (κ2) is 7.83. The third kappa shape index (κ3) is 5.14. The summed E-state index contributed by atoms with van der Waals surface area (Å²) in [5, 5.41) is 3.38. The fourth-order valence-electron chi connectivity index (χ4n) is 2.09. The van der Waals surface area contributed by atoms with Crippen molar-refractivity contribution >= 4 is 23.5 Å². The lowest BCUT2D eigenvalue weighted by atomic mass is 10.1. The van der Waals surface area contributed by atoms with Gasteiger partial charge in [0.25, 0.3) is 5.91 Å². The number of hydrogen-bond donors (Lipinski definition) is 1. The van der Waals surface area contributed by atoms with E-state index in [0.717, 1.165) is 5.56 Å². The number of amides is 1. The molecule has 1 aromatic carbocycles. The Bertz CT molecular complexity index is 691. The highest BCUT2D eigenvalue weighted by molar-refractivity contribution is 6.30. The third-order valence-electron chi connectivity index (χ3n) is 3.24. The van der Waals surface area contributed by atoms with Crippen LogP contribution in [0.3, 0.4) is 0 Å². The first-order valence-corrected chi connectivity index (χ1v) is 7.59. The molecule has 122 valence electrons. The van der Waals surface area contributed by atoms with Crippen LogP contribution in [0.1, 0.15) is 27.4 Å². The van der Waals surface area contributed by atoms with Crippen molar-refractivity contribution in [3.63, 3.8) is 0 Å². The Labute approximate surface area is 139 Å². The Hall–Kier alpha value is -2.27. The molecule has 23 heavy (non-hydrogen) atoms.